The van der Waals surface area contributed by atoms with Gasteiger partial charge in [-0.15, -0.1) is 15.3 Å². The maximum Gasteiger partial charge on any atom is 0.471 e. The summed E-state index contributed by atoms with van der Waals surface area (Å²) in [6, 6.07) is 14.7. The van der Waals surface area contributed by atoms with Crippen LogP contribution in [0.2, 0.25) is 0 Å². The second-order valence-corrected chi connectivity index (χ2v) is 5.20. The summed E-state index contributed by atoms with van der Waals surface area (Å²) in [5.41, 5.74) is 3.57. The highest BCUT2D eigenvalue weighted by Crippen LogP contribution is 2.28. The van der Waals surface area contributed by atoms with E-state index >= 15 is 0 Å². The first-order chi connectivity index (χ1) is 12.8. The van der Waals surface area contributed by atoms with E-state index in [2.05, 4.69) is 20.8 Å². The summed E-state index contributed by atoms with van der Waals surface area (Å²) in [4.78, 5) is 11.2. The van der Waals surface area contributed by atoms with E-state index in [1.807, 2.05) is 0 Å². The smallest absolute Gasteiger partial charge is 0.316 e. The van der Waals surface area contributed by atoms with E-state index in [0.29, 0.717) is 11.3 Å². The molecule has 0 radical (unpaired) electrons. The summed E-state index contributed by atoms with van der Waals surface area (Å²) in [5, 5.41) is 21.9. The number of amidine groups is 1. The minimum Gasteiger partial charge on any atom is -0.316 e. The minimum atomic E-state index is -5.04. The van der Waals surface area contributed by atoms with E-state index in [-0.39, 0.29) is 17.2 Å². The van der Waals surface area contributed by atoms with Gasteiger partial charge in [0.15, 0.2) is 0 Å². The van der Waals surface area contributed by atoms with Crippen molar-refractivity contribution in [3.63, 3.8) is 0 Å². The van der Waals surface area contributed by atoms with Crippen LogP contribution in [-0.4, -0.2) is 17.9 Å². The van der Waals surface area contributed by atoms with E-state index in [1.165, 1.54) is 12.1 Å². The van der Waals surface area contributed by atoms with Crippen molar-refractivity contribution >= 4 is 28.8 Å². The molecule has 7 nitrogen and oxygen atoms in total. The zero-order valence-corrected chi connectivity index (χ0v) is 13.9. The molecule has 0 fully saturated rings. The molecule has 0 saturated carbocycles. The standard InChI is InChI=1S/C17H13F3N6O/c1-11-7-8-13(14(9-11)22-16(27)17(18,19)20)24-26-15(10-21)25-23-12-5-3-2-4-6-12/h2-9,23H,1H3,(H,22,27)/b25-15+,26-24?. The lowest BCUT2D eigenvalue weighted by Gasteiger charge is -2.10. The van der Waals surface area contributed by atoms with Crippen molar-refractivity contribution in [1.29, 1.82) is 5.26 Å². The van der Waals surface area contributed by atoms with Gasteiger partial charge in [-0.2, -0.15) is 18.4 Å². The average molecular weight is 374 g/mol. The largest absolute Gasteiger partial charge is 0.471 e. The summed E-state index contributed by atoms with van der Waals surface area (Å²) >= 11 is 0. The fourth-order valence-electron chi connectivity index (χ4n) is 1.83. The van der Waals surface area contributed by atoms with Crippen LogP contribution in [-0.2, 0) is 4.79 Å². The fraction of sp³-hybridized carbons (Fsp3) is 0.118. The molecule has 0 atom stereocenters. The van der Waals surface area contributed by atoms with E-state index in [4.69, 9.17) is 5.26 Å². The molecule has 0 saturated heterocycles. The summed E-state index contributed by atoms with van der Waals surface area (Å²) in [5.74, 6) is -2.49. The van der Waals surface area contributed by atoms with Gasteiger partial charge in [0.05, 0.1) is 11.4 Å². The van der Waals surface area contributed by atoms with Crippen LogP contribution in [0.4, 0.5) is 30.2 Å². The van der Waals surface area contributed by atoms with Crippen molar-refractivity contribution in [2.75, 3.05) is 10.7 Å². The fourth-order valence-corrected chi connectivity index (χ4v) is 1.83. The number of hydrazone groups is 1. The zero-order chi connectivity index (χ0) is 19.9. The predicted octanol–water partition coefficient (Wildman–Crippen LogP) is 4.53. The lowest BCUT2D eigenvalue weighted by atomic mass is 10.2. The van der Waals surface area contributed by atoms with E-state index in [9.17, 15) is 18.0 Å². The second kappa shape index (κ2) is 8.57. The van der Waals surface area contributed by atoms with Crippen LogP contribution in [0, 0.1) is 18.3 Å². The van der Waals surface area contributed by atoms with Crippen LogP contribution in [0.15, 0.2) is 63.9 Å². The van der Waals surface area contributed by atoms with Crippen LogP contribution < -0.4 is 10.7 Å². The highest BCUT2D eigenvalue weighted by atomic mass is 19.4. The number of amides is 1. The molecule has 1 amide bonds. The Hall–Kier alpha value is -3.74. The van der Waals surface area contributed by atoms with Gasteiger partial charge in [-0.3, -0.25) is 10.2 Å². The molecule has 0 aliphatic heterocycles. The van der Waals surface area contributed by atoms with Gasteiger partial charge < -0.3 is 5.32 Å². The van der Waals surface area contributed by atoms with Crippen molar-refractivity contribution in [2.45, 2.75) is 13.1 Å². The van der Waals surface area contributed by atoms with Gasteiger partial charge in [0.25, 0.3) is 5.84 Å². The molecule has 0 aliphatic carbocycles. The van der Waals surface area contributed by atoms with Crippen LogP contribution in [0.25, 0.3) is 0 Å². The van der Waals surface area contributed by atoms with Gasteiger partial charge in [-0.25, -0.2) is 0 Å². The van der Waals surface area contributed by atoms with Crippen LogP contribution in [0.3, 0.4) is 0 Å². The van der Waals surface area contributed by atoms with E-state index in [1.54, 1.807) is 54.7 Å². The van der Waals surface area contributed by atoms with Crippen molar-refractivity contribution < 1.29 is 18.0 Å². The Morgan fingerprint density at radius 3 is 2.48 bits per heavy atom. The highest BCUT2D eigenvalue weighted by Gasteiger charge is 2.39. The quantitative estimate of drug-likeness (QED) is 0.356. The third-order valence-electron chi connectivity index (χ3n) is 3.07. The van der Waals surface area contributed by atoms with Gasteiger partial charge in [-0.05, 0) is 36.8 Å². The Morgan fingerprint density at radius 2 is 1.85 bits per heavy atom. The number of alkyl halides is 3. The summed E-state index contributed by atoms with van der Waals surface area (Å²) in [7, 11) is 0. The number of benzene rings is 2. The molecule has 2 aromatic rings. The summed E-state index contributed by atoms with van der Waals surface area (Å²) < 4.78 is 37.4. The van der Waals surface area contributed by atoms with Gasteiger partial charge in [0, 0.05) is 0 Å². The molecule has 0 spiro atoms. The molecular weight excluding hydrogens is 361 g/mol. The average Bonchev–Trinajstić information content (AvgIpc) is 2.63. The number of para-hydroxylation sites is 1. The molecule has 0 heterocycles. The normalized spacial score (nSPS) is 11.9. The Kier molecular flexibility index (Phi) is 6.22. The first kappa shape index (κ1) is 19.6. The number of rotatable bonds is 4. The number of anilines is 2. The molecule has 2 aromatic carbocycles. The Bertz CT molecular complexity index is 917. The number of carbonyl (C=O) groups is 1. The molecule has 0 aromatic heterocycles. The maximum atomic E-state index is 12.5. The molecule has 138 valence electrons. The molecule has 0 bridgehead atoms. The van der Waals surface area contributed by atoms with Crippen LogP contribution in [0.1, 0.15) is 5.56 Å². The highest BCUT2D eigenvalue weighted by molar-refractivity contribution is 5.98. The maximum absolute atomic E-state index is 12.5. The number of carbonyl (C=O) groups excluding carboxylic acids is 1. The summed E-state index contributed by atoms with van der Waals surface area (Å²) in [6.45, 7) is 1.64. The number of nitriles is 1. The van der Waals surface area contributed by atoms with E-state index < -0.39 is 12.1 Å². The third kappa shape index (κ3) is 5.93. The molecular formula is C17H13F3N6O. The molecule has 10 heteroatoms. The van der Waals surface area contributed by atoms with Crippen molar-refractivity contribution in [3.8, 4) is 6.07 Å². The lowest BCUT2D eigenvalue weighted by Crippen LogP contribution is -2.29. The number of nitrogens with one attached hydrogen (secondary N) is 2. The number of aryl methyl sites for hydroxylation is 1. The number of halogens is 3. The lowest BCUT2D eigenvalue weighted by molar-refractivity contribution is -0.167. The molecule has 2 rings (SSSR count). The van der Waals surface area contributed by atoms with Gasteiger partial charge in [-0.1, -0.05) is 24.3 Å². The van der Waals surface area contributed by atoms with Crippen molar-refractivity contribution in [3.05, 3.63) is 54.1 Å². The third-order valence-corrected chi connectivity index (χ3v) is 3.07. The topological polar surface area (TPSA) is 102 Å². The summed E-state index contributed by atoms with van der Waals surface area (Å²) in [6.07, 6.45) is -5.04. The predicted molar refractivity (Wildman–Crippen MR) is 93.5 cm³/mol. The van der Waals surface area contributed by atoms with Crippen LogP contribution in [0.5, 0.6) is 0 Å². The molecule has 0 aliphatic rings. The Morgan fingerprint density at radius 1 is 1.15 bits per heavy atom. The van der Waals surface area contributed by atoms with Gasteiger partial charge >= 0.3 is 12.1 Å². The SMILES string of the molecule is Cc1ccc(N=N/C(C#N)=N/Nc2ccccc2)c(NC(=O)C(F)(F)F)c1. The Labute approximate surface area is 152 Å². The van der Waals surface area contributed by atoms with Gasteiger partial charge in [0.2, 0.25) is 0 Å². The number of hydrogen-bond donors (Lipinski definition) is 2. The zero-order valence-electron chi connectivity index (χ0n) is 13.9. The minimum absolute atomic E-state index is 0.0548. The van der Waals surface area contributed by atoms with Gasteiger partial charge in [0.1, 0.15) is 11.8 Å². The second-order valence-electron chi connectivity index (χ2n) is 5.20. The first-order valence-corrected chi connectivity index (χ1v) is 7.49. The number of hydrogen-bond acceptors (Lipinski definition) is 5. The molecule has 27 heavy (non-hydrogen) atoms. The van der Waals surface area contributed by atoms with Crippen molar-refractivity contribution in [2.24, 2.45) is 15.3 Å². The molecule has 2 N–H and O–H groups in total. The Balaban J connectivity index is 2.22. The number of nitrogens with zero attached hydrogens (tertiary/aromatic N) is 4. The molecule has 0 unspecified atom stereocenters. The monoisotopic (exact) mass is 374 g/mol. The van der Waals surface area contributed by atoms with Crippen LogP contribution >= 0.6 is 0 Å². The number of azo groups is 1. The first-order valence-electron chi connectivity index (χ1n) is 7.49. The van der Waals surface area contributed by atoms with E-state index in [0.717, 1.165) is 0 Å². The van der Waals surface area contributed by atoms with Crippen molar-refractivity contribution in [1.82, 2.24) is 0 Å².